The zero-order valence-corrected chi connectivity index (χ0v) is 18.4. The second-order valence-corrected chi connectivity index (χ2v) is 8.31. The smallest absolute Gasteiger partial charge is 0.265 e. The second kappa shape index (κ2) is 12.3. The van der Waals surface area contributed by atoms with Gasteiger partial charge in [0.15, 0.2) is 5.82 Å². The number of benzene rings is 1. The van der Waals surface area contributed by atoms with E-state index in [4.69, 9.17) is 0 Å². The van der Waals surface area contributed by atoms with Crippen LogP contribution in [-0.4, -0.2) is 85.9 Å². The lowest BCUT2D eigenvalue weighted by atomic mass is 9.94. The largest absolute Gasteiger partial charge is 0.395 e. The molecule has 0 spiro atoms. The minimum Gasteiger partial charge on any atom is -0.395 e. The van der Waals surface area contributed by atoms with Crippen LogP contribution in [0.2, 0.25) is 0 Å². The van der Waals surface area contributed by atoms with Crippen LogP contribution in [0, 0.1) is 0 Å². The number of hydrogen-bond acceptors (Lipinski definition) is 8. The molecule has 2 aromatic rings. The monoisotopic (exact) mass is 466 g/mol. The predicted octanol–water partition coefficient (Wildman–Crippen LogP) is 1.81. The van der Waals surface area contributed by atoms with Gasteiger partial charge in [-0.05, 0) is 43.7 Å². The molecule has 1 aromatic heterocycles. The van der Waals surface area contributed by atoms with Gasteiger partial charge in [-0.1, -0.05) is 12.8 Å². The van der Waals surface area contributed by atoms with Gasteiger partial charge in [-0.25, -0.2) is 18.7 Å². The van der Waals surface area contributed by atoms with Gasteiger partial charge in [-0.3, -0.25) is 4.90 Å². The van der Waals surface area contributed by atoms with Gasteiger partial charge >= 0.3 is 0 Å². The summed E-state index contributed by atoms with van der Waals surface area (Å²) in [5.74, 6) is 0.401. The molecule has 10 heteroatoms. The summed E-state index contributed by atoms with van der Waals surface area (Å²) < 4.78 is 27.1. The Balaban J connectivity index is 1.42. The fourth-order valence-electron chi connectivity index (χ4n) is 4.14. The van der Waals surface area contributed by atoms with Gasteiger partial charge in [0.05, 0.1) is 18.8 Å². The Hall–Kier alpha value is -2.24. The first kappa shape index (κ1) is 25.4. The Morgan fingerprint density at radius 1 is 1.03 bits per heavy atom. The second-order valence-electron chi connectivity index (χ2n) is 8.31. The van der Waals surface area contributed by atoms with Crippen molar-refractivity contribution in [1.82, 2.24) is 14.9 Å². The highest BCUT2D eigenvalue weighted by atomic mass is 19.3. The van der Waals surface area contributed by atoms with Crippen LogP contribution in [0.5, 0.6) is 0 Å². The van der Waals surface area contributed by atoms with Crippen molar-refractivity contribution >= 4 is 5.69 Å². The van der Waals surface area contributed by atoms with Crippen molar-refractivity contribution in [3.05, 3.63) is 42.2 Å². The lowest BCUT2D eigenvalue weighted by molar-refractivity contribution is -0.145. The molecular weight excluding hydrogens is 434 g/mol. The van der Waals surface area contributed by atoms with Crippen molar-refractivity contribution < 1.29 is 29.2 Å². The Morgan fingerprint density at radius 2 is 1.76 bits per heavy atom. The maximum atomic E-state index is 13.6. The van der Waals surface area contributed by atoms with E-state index in [2.05, 4.69) is 15.3 Å². The SMILES string of the molecule is OC[C@@H]1[C@@H](O)[C@H](O)[C@@H](O)CN1CCCCCCNc1ccc(-c2ncccn2)cc1C(F)F. The summed E-state index contributed by atoms with van der Waals surface area (Å²) in [7, 11) is 0. The van der Waals surface area contributed by atoms with Crippen molar-refractivity contribution in [3.8, 4) is 11.4 Å². The molecule has 1 fully saturated rings. The summed E-state index contributed by atoms with van der Waals surface area (Å²) in [6, 6.07) is 5.84. The molecule has 0 bridgehead atoms. The molecule has 4 atom stereocenters. The fourth-order valence-corrected chi connectivity index (χ4v) is 4.14. The summed E-state index contributed by atoms with van der Waals surface area (Å²) in [5, 5.41) is 42.2. The minimum atomic E-state index is -2.62. The van der Waals surface area contributed by atoms with Crippen molar-refractivity contribution in [2.75, 3.05) is 31.6 Å². The van der Waals surface area contributed by atoms with Gasteiger partial charge in [0, 0.05) is 42.3 Å². The van der Waals surface area contributed by atoms with E-state index in [-0.39, 0.29) is 18.7 Å². The quantitative estimate of drug-likeness (QED) is 0.318. The third-order valence-electron chi connectivity index (χ3n) is 6.01. The number of hydrogen-bond donors (Lipinski definition) is 5. The number of β-amino-alcohol motifs (C(OH)–C–C–N with tert-alkyl or cyclic N) is 1. The fraction of sp³-hybridized carbons (Fsp3) is 0.565. The van der Waals surface area contributed by atoms with E-state index < -0.39 is 30.8 Å². The van der Waals surface area contributed by atoms with E-state index in [9.17, 15) is 29.2 Å². The van der Waals surface area contributed by atoms with Gasteiger partial charge in [-0.15, -0.1) is 0 Å². The van der Waals surface area contributed by atoms with Crippen LogP contribution in [0.15, 0.2) is 36.7 Å². The maximum Gasteiger partial charge on any atom is 0.265 e. The van der Waals surface area contributed by atoms with Gasteiger partial charge in [0.1, 0.15) is 12.2 Å². The molecule has 3 rings (SSSR count). The predicted molar refractivity (Wildman–Crippen MR) is 120 cm³/mol. The lowest BCUT2D eigenvalue weighted by Crippen LogP contribution is -2.62. The number of piperidine rings is 1. The molecule has 2 heterocycles. The van der Waals surface area contributed by atoms with E-state index in [0.29, 0.717) is 30.2 Å². The zero-order valence-electron chi connectivity index (χ0n) is 18.4. The number of nitrogens with one attached hydrogen (secondary N) is 1. The molecule has 1 saturated heterocycles. The Morgan fingerprint density at radius 3 is 2.45 bits per heavy atom. The van der Waals surface area contributed by atoms with E-state index >= 15 is 0 Å². The number of alkyl halides is 2. The van der Waals surface area contributed by atoms with Gasteiger partial charge < -0.3 is 25.7 Å². The number of halogens is 2. The third kappa shape index (κ3) is 6.64. The minimum absolute atomic E-state index is 0.0839. The first-order valence-electron chi connectivity index (χ1n) is 11.2. The van der Waals surface area contributed by atoms with Crippen LogP contribution < -0.4 is 5.32 Å². The van der Waals surface area contributed by atoms with Crippen LogP contribution in [0.4, 0.5) is 14.5 Å². The first-order valence-corrected chi connectivity index (χ1v) is 11.2. The van der Waals surface area contributed by atoms with E-state index in [1.165, 1.54) is 6.07 Å². The van der Waals surface area contributed by atoms with Crippen molar-refractivity contribution in [1.29, 1.82) is 0 Å². The van der Waals surface area contributed by atoms with Crippen molar-refractivity contribution in [3.63, 3.8) is 0 Å². The number of rotatable bonds is 11. The topological polar surface area (TPSA) is 122 Å². The Labute approximate surface area is 191 Å². The summed E-state index contributed by atoms with van der Waals surface area (Å²) in [6.07, 6.45) is 0.359. The molecule has 0 aliphatic carbocycles. The maximum absolute atomic E-state index is 13.6. The summed E-state index contributed by atoms with van der Waals surface area (Å²) >= 11 is 0. The highest BCUT2D eigenvalue weighted by Gasteiger charge is 2.40. The molecule has 0 amide bonds. The van der Waals surface area contributed by atoms with Gasteiger partial charge in [-0.2, -0.15) is 0 Å². The molecule has 5 N–H and O–H groups in total. The standard InChI is InChI=1S/C23H32F2N4O4/c24-22(25)16-12-15(23-27-9-5-10-28-23)6-7-17(16)26-8-3-1-2-4-11-29-13-19(31)21(33)20(32)18(29)14-30/h5-7,9-10,12,18-22,26,30-33H,1-4,8,11,13-14H2/t18-,19+,20-,21-/m1/s1. The molecule has 8 nitrogen and oxygen atoms in total. The molecule has 1 aliphatic rings. The number of nitrogens with zero attached hydrogens (tertiary/aromatic N) is 3. The number of anilines is 1. The van der Waals surface area contributed by atoms with Crippen LogP contribution in [0.25, 0.3) is 11.4 Å². The van der Waals surface area contributed by atoms with Crippen LogP contribution in [0.1, 0.15) is 37.7 Å². The molecule has 33 heavy (non-hydrogen) atoms. The Bertz CT molecular complexity index is 862. The molecule has 1 aliphatic heterocycles. The normalized spacial score (nSPS) is 23.7. The van der Waals surface area contributed by atoms with Crippen LogP contribution >= 0.6 is 0 Å². The van der Waals surface area contributed by atoms with Crippen molar-refractivity contribution in [2.45, 2.75) is 56.5 Å². The van der Waals surface area contributed by atoms with Gasteiger partial charge in [0.25, 0.3) is 6.43 Å². The number of aliphatic hydroxyl groups excluding tert-OH is 4. The average Bonchev–Trinajstić information content (AvgIpc) is 2.82. The third-order valence-corrected chi connectivity index (χ3v) is 6.01. The average molecular weight is 467 g/mol. The zero-order chi connectivity index (χ0) is 23.8. The van der Waals surface area contributed by atoms with Crippen LogP contribution in [0.3, 0.4) is 0 Å². The summed E-state index contributed by atoms with van der Waals surface area (Å²) in [5.41, 5.74) is 0.850. The van der Waals surface area contributed by atoms with E-state index in [1.54, 1.807) is 35.5 Å². The summed E-state index contributed by atoms with van der Waals surface area (Å²) in [4.78, 5) is 10.0. The highest BCUT2D eigenvalue weighted by molar-refractivity contribution is 5.64. The van der Waals surface area contributed by atoms with Gasteiger partial charge in [0.2, 0.25) is 0 Å². The highest BCUT2D eigenvalue weighted by Crippen LogP contribution is 2.31. The Kier molecular flexibility index (Phi) is 9.45. The molecule has 182 valence electrons. The molecule has 0 unspecified atom stereocenters. The van der Waals surface area contributed by atoms with E-state index in [0.717, 1.165) is 25.7 Å². The molecular formula is C23H32F2N4O4. The number of likely N-dealkylation sites (tertiary alicyclic amines) is 1. The number of unbranched alkanes of at least 4 members (excludes halogenated alkanes) is 3. The lowest BCUT2D eigenvalue weighted by Gasteiger charge is -2.43. The molecule has 1 aromatic carbocycles. The van der Waals surface area contributed by atoms with Crippen LogP contribution in [-0.2, 0) is 0 Å². The van der Waals surface area contributed by atoms with E-state index in [1.807, 2.05) is 0 Å². The van der Waals surface area contributed by atoms with Crippen molar-refractivity contribution in [2.24, 2.45) is 0 Å². The molecule has 0 radical (unpaired) electrons. The molecule has 0 saturated carbocycles. The first-order chi connectivity index (χ1) is 15.9. The summed E-state index contributed by atoms with van der Waals surface area (Å²) in [6.45, 7) is 1.04. The number of aliphatic hydroxyl groups is 4. The number of aromatic nitrogens is 2.